The van der Waals surface area contributed by atoms with Crippen LogP contribution >= 0.6 is 0 Å². The van der Waals surface area contributed by atoms with E-state index in [0.717, 1.165) is 0 Å². The van der Waals surface area contributed by atoms with Crippen LogP contribution < -0.4 is 5.11 Å². The third kappa shape index (κ3) is 1.98. The number of hydrogen-bond donors (Lipinski definition) is 2. The predicted octanol–water partition coefficient (Wildman–Crippen LogP) is 0.492. The smallest absolute Gasteiger partial charge is 0.336 e. The second-order valence-electron chi connectivity index (χ2n) is 2.56. The summed E-state index contributed by atoms with van der Waals surface area (Å²) in [5.41, 5.74) is -0.260. The van der Waals surface area contributed by atoms with Crippen molar-refractivity contribution >= 4 is 17.9 Å². The molecule has 1 aromatic rings. The summed E-state index contributed by atoms with van der Waals surface area (Å²) < 4.78 is 0. The lowest BCUT2D eigenvalue weighted by molar-refractivity contribution is -0.244. The summed E-state index contributed by atoms with van der Waals surface area (Å²) in [6.45, 7) is 0. The van der Waals surface area contributed by atoms with Gasteiger partial charge in [0, 0.05) is 6.21 Å². The largest absolute Gasteiger partial charge is 0.871 e. The molecule has 1 aromatic carbocycles. The minimum Gasteiger partial charge on any atom is -0.871 e. The number of carbonyl (C=O) groups is 1. The third-order valence-corrected chi connectivity index (χ3v) is 1.66. The van der Waals surface area contributed by atoms with Gasteiger partial charge in [-0.25, -0.2) is 4.79 Å². The number of aliphatic carboxylic acids is 1. The molecule has 0 saturated carbocycles. The van der Waals surface area contributed by atoms with E-state index in [1.54, 1.807) is 18.2 Å². The first kappa shape index (κ1) is 9.98. The molecule has 0 aliphatic rings. The van der Waals surface area contributed by atoms with Gasteiger partial charge in [0.25, 0.3) is 0 Å². The minimum atomic E-state index is -1.38. The van der Waals surface area contributed by atoms with E-state index in [4.69, 9.17) is 10.5 Å². The molecule has 72 valence electrons. The SMILES string of the molecule is N=C/C(C(=O)O)=C(\[O-])c1ccccc1. The molecule has 0 bridgehead atoms. The molecule has 14 heavy (non-hydrogen) atoms. The van der Waals surface area contributed by atoms with Crippen molar-refractivity contribution in [2.75, 3.05) is 0 Å². The fourth-order valence-corrected chi connectivity index (χ4v) is 0.969. The molecule has 0 fully saturated rings. The average molecular weight is 190 g/mol. The number of carboxylic acids is 1. The normalized spacial score (nSPS) is 11.7. The standard InChI is InChI=1S/C10H9NO3/c11-6-8(10(13)14)9(12)7-4-2-1-3-5-7/h1-6,11-12H,(H,13,14)/p-1/b9-8+,11-6?. The van der Waals surface area contributed by atoms with E-state index in [0.29, 0.717) is 6.21 Å². The van der Waals surface area contributed by atoms with E-state index in [9.17, 15) is 9.90 Å². The Morgan fingerprint density at radius 2 is 1.93 bits per heavy atom. The predicted molar refractivity (Wildman–Crippen MR) is 49.8 cm³/mol. The zero-order valence-corrected chi connectivity index (χ0v) is 7.23. The molecular weight excluding hydrogens is 182 g/mol. The Morgan fingerprint density at radius 3 is 2.36 bits per heavy atom. The van der Waals surface area contributed by atoms with Crippen LogP contribution in [0.15, 0.2) is 35.9 Å². The Kier molecular flexibility index (Phi) is 3.01. The molecule has 0 atom stereocenters. The number of nitrogens with one attached hydrogen (secondary N) is 1. The van der Waals surface area contributed by atoms with Crippen LogP contribution in [-0.4, -0.2) is 17.3 Å². The van der Waals surface area contributed by atoms with E-state index in [-0.39, 0.29) is 5.56 Å². The molecule has 0 heterocycles. The van der Waals surface area contributed by atoms with Gasteiger partial charge in [0.15, 0.2) is 0 Å². The van der Waals surface area contributed by atoms with Crippen molar-refractivity contribution < 1.29 is 15.0 Å². The Morgan fingerprint density at radius 1 is 1.36 bits per heavy atom. The van der Waals surface area contributed by atoms with Gasteiger partial charge in [-0.2, -0.15) is 0 Å². The van der Waals surface area contributed by atoms with Gasteiger partial charge >= 0.3 is 5.97 Å². The minimum absolute atomic E-state index is 0.272. The quantitative estimate of drug-likeness (QED) is 0.413. The lowest BCUT2D eigenvalue weighted by Gasteiger charge is -2.13. The van der Waals surface area contributed by atoms with Crippen LogP contribution in [0.4, 0.5) is 0 Å². The Labute approximate surface area is 80.6 Å². The van der Waals surface area contributed by atoms with E-state index in [2.05, 4.69) is 0 Å². The maximum absolute atomic E-state index is 11.4. The van der Waals surface area contributed by atoms with Crippen molar-refractivity contribution in [2.45, 2.75) is 0 Å². The second-order valence-corrected chi connectivity index (χ2v) is 2.56. The van der Waals surface area contributed by atoms with Crippen LogP contribution in [-0.2, 0) is 4.79 Å². The van der Waals surface area contributed by atoms with E-state index < -0.39 is 17.3 Å². The van der Waals surface area contributed by atoms with Gasteiger partial charge in [-0.3, -0.25) is 0 Å². The molecule has 1 rings (SSSR count). The molecule has 0 aliphatic heterocycles. The summed E-state index contributed by atoms with van der Waals surface area (Å²) in [5, 5.41) is 26.9. The topological polar surface area (TPSA) is 84.2 Å². The highest BCUT2D eigenvalue weighted by atomic mass is 16.4. The first-order valence-corrected chi connectivity index (χ1v) is 3.87. The first-order valence-electron chi connectivity index (χ1n) is 3.87. The van der Waals surface area contributed by atoms with Crippen molar-refractivity contribution in [2.24, 2.45) is 0 Å². The summed E-state index contributed by atoms with van der Waals surface area (Å²) in [5.74, 6) is -2.03. The summed E-state index contributed by atoms with van der Waals surface area (Å²) in [7, 11) is 0. The van der Waals surface area contributed by atoms with Gasteiger partial charge in [-0.1, -0.05) is 36.1 Å². The van der Waals surface area contributed by atoms with Gasteiger partial charge in [-0.05, 0) is 5.56 Å². The molecular formula is C10H8NO3-. The monoisotopic (exact) mass is 190 g/mol. The first-order chi connectivity index (χ1) is 6.66. The molecule has 0 saturated heterocycles. The van der Waals surface area contributed by atoms with Gasteiger partial charge in [0.1, 0.15) is 0 Å². The number of rotatable bonds is 3. The summed E-state index contributed by atoms with van der Waals surface area (Å²) in [6, 6.07) is 8.01. The summed E-state index contributed by atoms with van der Waals surface area (Å²) in [6.07, 6.45) is 0.553. The van der Waals surface area contributed by atoms with Gasteiger partial charge in [0.05, 0.1) is 5.57 Å². The van der Waals surface area contributed by atoms with Crippen molar-refractivity contribution in [3.8, 4) is 0 Å². The molecule has 0 spiro atoms. The number of carboxylic acid groups (broad SMARTS) is 1. The zero-order valence-electron chi connectivity index (χ0n) is 7.23. The second kappa shape index (κ2) is 4.23. The highest BCUT2D eigenvalue weighted by Crippen LogP contribution is 2.11. The molecule has 2 N–H and O–H groups in total. The highest BCUT2D eigenvalue weighted by molar-refractivity contribution is 6.13. The Hall–Kier alpha value is -2.10. The van der Waals surface area contributed by atoms with Crippen LogP contribution in [0, 0.1) is 5.41 Å². The maximum Gasteiger partial charge on any atom is 0.336 e. The van der Waals surface area contributed by atoms with Crippen molar-refractivity contribution in [1.82, 2.24) is 0 Å². The Balaban J connectivity index is 3.21. The lowest BCUT2D eigenvalue weighted by Crippen LogP contribution is -2.13. The molecule has 0 aromatic heterocycles. The summed E-state index contributed by atoms with van der Waals surface area (Å²) in [4.78, 5) is 10.5. The van der Waals surface area contributed by atoms with E-state index >= 15 is 0 Å². The van der Waals surface area contributed by atoms with Gasteiger partial charge in [0.2, 0.25) is 0 Å². The molecule has 4 heteroatoms. The third-order valence-electron chi connectivity index (χ3n) is 1.66. The van der Waals surface area contributed by atoms with Crippen LogP contribution in [0.2, 0.25) is 0 Å². The van der Waals surface area contributed by atoms with Crippen molar-refractivity contribution in [3.63, 3.8) is 0 Å². The molecule has 0 radical (unpaired) electrons. The average Bonchev–Trinajstić information content (AvgIpc) is 2.19. The van der Waals surface area contributed by atoms with E-state index in [1.165, 1.54) is 12.1 Å². The van der Waals surface area contributed by atoms with Crippen LogP contribution in [0.25, 0.3) is 5.76 Å². The fraction of sp³-hybridized carbons (Fsp3) is 0. The molecule has 4 nitrogen and oxygen atoms in total. The fourth-order valence-electron chi connectivity index (χ4n) is 0.969. The van der Waals surface area contributed by atoms with Gasteiger partial charge < -0.3 is 15.6 Å². The van der Waals surface area contributed by atoms with Gasteiger partial charge in [-0.15, -0.1) is 0 Å². The molecule has 0 amide bonds. The van der Waals surface area contributed by atoms with E-state index in [1.807, 2.05) is 0 Å². The zero-order chi connectivity index (χ0) is 10.6. The molecule has 0 aliphatic carbocycles. The van der Waals surface area contributed by atoms with Crippen LogP contribution in [0.1, 0.15) is 5.56 Å². The highest BCUT2D eigenvalue weighted by Gasteiger charge is 2.05. The number of hydrogen-bond acceptors (Lipinski definition) is 3. The van der Waals surface area contributed by atoms with Crippen LogP contribution in [0.3, 0.4) is 0 Å². The summed E-state index contributed by atoms with van der Waals surface area (Å²) >= 11 is 0. The van der Waals surface area contributed by atoms with Crippen molar-refractivity contribution in [3.05, 3.63) is 41.5 Å². The number of benzene rings is 1. The van der Waals surface area contributed by atoms with Crippen LogP contribution in [0.5, 0.6) is 0 Å². The maximum atomic E-state index is 11.4. The lowest BCUT2D eigenvalue weighted by atomic mass is 10.1. The Bertz CT molecular complexity index is 382. The molecule has 0 unspecified atom stereocenters. The van der Waals surface area contributed by atoms with Crippen molar-refractivity contribution in [1.29, 1.82) is 5.41 Å².